The molecule has 13 heavy (non-hydrogen) atoms. The molecule has 1 atom stereocenters. The second-order valence-electron chi connectivity index (χ2n) is 3.18. The molecule has 4 N–H and O–H groups in total. The van der Waals surface area contributed by atoms with Crippen LogP contribution in [0.25, 0.3) is 0 Å². The zero-order chi connectivity index (χ0) is 9.84. The fourth-order valence-corrected chi connectivity index (χ4v) is 1.72. The fraction of sp³-hybridized carbons (Fsp3) is 0.400. The first-order chi connectivity index (χ1) is 6.15. The molecule has 72 valence electrons. The van der Waals surface area contributed by atoms with Gasteiger partial charge in [0.2, 0.25) is 0 Å². The van der Waals surface area contributed by atoms with E-state index in [1.165, 1.54) is 11.1 Å². The van der Waals surface area contributed by atoms with Gasteiger partial charge in [0, 0.05) is 10.5 Å². The van der Waals surface area contributed by atoms with Crippen molar-refractivity contribution in [2.45, 2.75) is 19.4 Å². The lowest BCUT2D eigenvalue weighted by Crippen LogP contribution is -2.16. The third-order valence-corrected chi connectivity index (χ3v) is 2.61. The van der Waals surface area contributed by atoms with Crippen molar-refractivity contribution < 1.29 is 0 Å². The molecule has 0 aliphatic heterocycles. The van der Waals surface area contributed by atoms with E-state index in [9.17, 15) is 0 Å². The van der Waals surface area contributed by atoms with Crippen LogP contribution in [0.3, 0.4) is 0 Å². The molecule has 0 aliphatic rings. The summed E-state index contributed by atoms with van der Waals surface area (Å²) in [5.74, 6) is 0. The van der Waals surface area contributed by atoms with Crippen molar-refractivity contribution in [3.63, 3.8) is 0 Å². The molecule has 0 spiro atoms. The monoisotopic (exact) mass is 242 g/mol. The molecule has 3 heteroatoms. The Kier molecular flexibility index (Phi) is 3.90. The maximum atomic E-state index is 5.97. The van der Waals surface area contributed by atoms with Gasteiger partial charge in [-0.25, -0.2) is 0 Å². The Morgan fingerprint density at radius 2 is 2.15 bits per heavy atom. The van der Waals surface area contributed by atoms with Gasteiger partial charge in [-0.1, -0.05) is 22.0 Å². The highest BCUT2D eigenvalue weighted by Gasteiger charge is 2.07. The van der Waals surface area contributed by atoms with Gasteiger partial charge in [0.1, 0.15) is 0 Å². The zero-order valence-electron chi connectivity index (χ0n) is 7.76. The van der Waals surface area contributed by atoms with Gasteiger partial charge in [0.15, 0.2) is 0 Å². The second kappa shape index (κ2) is 4.74. The molecule has 0 unspecified atom stereocenters. The Hall–Kier alpha value is -0.380. The molecule has 0 bridgehead atoms. The van der Waals surface area contributed by atoms with Crippen LogP contribution in [-0.4, -0.2) is 6.54 Å². The largest absolute Gasteiger partial charge is 0.330 e. The molecule has 1 aromatic rings. The molecule has 1 aromatic carbocycles. The summed E-state index contributed by atoms with van der Waals surface area (Å²) in [5, 5.41) is 0. The standard InChI is InChI=1S/C10H15BrN2/c1-7-2-3-8(11)6-9(7)10(13)4-5-12/h2-3,6,10H,4-5,12-13H2,1H3/t10-/m0/s1. The predicted molar refractivity (Wildman–Crippen MR) is 59.5 cm³/mol. The summed E-state index contributed by atoms with van der Waals surface area (Å²) < 4.78 is 1.07. The summed E-state index contributed by atoms with van der Waals surface area (Å²) in [5.41, 5.74) is 13.8. The highest BCUT2D eigenvalue weighted by molar-refractivity contribution is 9.10. The molecule has 0 fully saturated rings. The Balaban J connectivity index is 2.91. The number of nitrogens with two attached hydrogens (primary N) is 2. The van der Waals surface area contributed by atoms with E-state index in [1.54, 1.807) is 0 Å². The van der Waals surface area contributed by atoms with Crippen LogP contribution in [0, 0.1) is 6.92 Å². The third-order valence-electron chi connectivity index (χ3n) is 2.12. The van der Waals surface area contributed by atoms with Gasteiger partial charge >= 0.3 is 0 Å². The number of hydrogen-bond donors (Lipinski definition) is 2. The first-order valence-corrected chi connectivity index (χ1v) is 5.16. The summed E-state index contributed by atoms with van der Waals surface area (Å²) in [6.45, 7) is 2.70. The third kappa shape index (κ3) is 2.79. The van der Waals surface area contributed by atoms with Crippen molar-refractivity contribution in [1.82, 2.24) is 0 Å². The maximum Gasteiger partial charge on any atom is 0.0309 e. The van der Waals surface area contributed by atoms with E-state index in [1.807, 2.05) is 6.07 Å². The lowest BCUT2D eigenvalue weighted by Gasteiger charge is -2.13. The first kappa shape index (κ1) is 10.7. The Bertz CT molecular complexity index is 286. The van der Waals surface area contributed by atoms with Gasteiger partial charge in [-0.3, -0.25) is 0 Å². The smallest absolute Gasteiger partial charge is 0.0309 e. The van der Waals surface area contributed by atoms with Gasteiger partial charge in [-0.05, 0) is 43.1 Å². The average Bonchev–Trinajstić information content (AvgIpc) is 2.09. The van der Waals surface area contributed by atoms with Gasteiger partial charge in [0.25, 0.3) is 0 Å². The maximum absolute atomic E-state index is 5.97. The minimum Gasteiger partial charge on any atom is -0.330 e. The summed E-state index contributed by atoms with van der Waals surface area (Å²) in [4.78, 5) is 0. The first-order valence-electron chi connectivity index (χ1n) is 4.37. The minimum absolute atomic E-state index is 0.0579. The van der Waals surface area contributed by atoms with Crippen molar-refractivity contribution in [2.75, 3.05) is 6.54 Å². The van der Waals surface area contributed by atoms with Crippen LogP contribution in [-0.2, 0) is 0 Å². The number of benzene rings is 1. The lowest BCUT2D eigenvalue weighted by atomic mass is 10.00. The van der Waals surface area contributed by atoms with E-state index < -0.39 is 0 Å². The zero-order valence-corrected chi connectivity index (χ0v) is 9.34. The van der Waals surface area contributed by atoms with Crippen LogP contribution in [0.4, 0.5) is 0 Å². The Morgan fingerprint density at radius 3 is 2.77 bits per heavy atom. The predicted octanol–water partition coefficient (Wildman–Crippen LogP) is 2.11. The van der Waals surface area contributed by atoms with Crippen LogP contribution in [0.5, 0.6) is 0 Å². The SMILES string of the molecule is Cc1ccc(Br)cc1[C@@H](N)CCN. The second-order valence-corrected chi connectivity index (χ2v) is 4.10. The van der Waals surface area contributed by atoms with Crippen LogP contribution in [0.1, 0.15) is 23.6 Å². The molecule has 0 heterocycles. The van der Waals surface area contributed by atoms with E-state index in [2.05, 4.69) is 35.0 Å². The lowest BCUT2D eigenvalue weighted by molar-refractivity contribution is 0.657. The van der Waals surface area contributed by atoms with E-state index in [-0.39, 0.29) is 6.04 Å². The topological polar surface area (TPSA) is 52.0 Å². The van der Waals surface area contributed by atoms with E-state index in [0.29, 0.717) is 6.54 Å². The molecule has 0 aliphatic carbocycles. The summed E-state index contributed by atoms with van der Waals surface area (Å²) in [7, 11) is 0. The normalized spacial score (nSPS) is 12.9. The van der Waals surface area contributed by atoms with E-state index in [4.69, 9.17) is 11.5 Å². The molecular formula is C10H15BrN2. The van der Waals surface area contributed by atoms with E-state index in [0.717, 1.165) is 10.9 Å². The summed E-state index contributed by atoms with van der Waals surface area (Å²) in [6, 6.07) is 6.21. The van der Waals surface area contributed by atoms with E-state index >= 15 is 0 Å². The number of aryl methyl sites for hydroxylation is 1. The van der Waals surface area contributed by atoms with Crippen LogP contribution < -0.4 is 11.5 Å². The fourth-order valence-electron chi connectivity index (χ4n) is 1.35. The highest BCUT2D eigenvalue weighted by atomic mass is 79.9. The molecule has 0 saturated carbocycles. The quantitative estimate of drug-likeness (QED) is 0.854. The molecule has 0 amide bonds. The molecule has 0 saturated heterocycles. The highest BCUT2D eigenvalue weighted by Crippen LogP contribution is 2.22. The average molecular weight is 243 g/mol. The Morgan fingerprint density at radius 1 is 1.46 bits per heavy atom. The van der Waals surface area contributed by atoms with Crippen molar-refractivity contribution in [1.29, 1.82) is 0 Å². The summed E-state index contributed by atoms with van der Waals surface area (Å²) in [6.07, 6.45) is 0.831. The van der Waals surface area contributed by atoms with Crippen molar-refractivity contribution in [3.8, 4) is 0 Å². The van der Waals surface area contributed by atoms with Gasteiger partial charge in [-0.15, -0.1) is 0 Å². The minimum atomic E-state index is 0.0579. The van der Waals surface area contributed by atoms with Crippen LogP contribution in [0.2, 0.25) is 0 Å². The molecular weight excluding hydrogens is 228 g/mol. The van der Waals surface area contributed by atoms with Gasteiger partial charge in [0.05, 0.1) is 0 Å². The summed E-state index contributed by atoms with van der Waals surface area (Å²) >= 11 is 3.43. The number of halogens is 1. The van der Waals surface area contributed by atoms with Crippen molar-refractivity contribution in [3.05, 3.63) is 33.8 Å². The molecule has 2 nitrogen and oxygen atoms in total. The number of rotatable bonds is 3. The Labute approximate surface area is 87.4 Å². The molecule has 0 aromatic heterocycles. The van der Waals surface area contributed by atoms with Crippen LogP contribution in [0.15, 0.2) is 22.7 Å². The van der Waals surface area contributed by atoms with Gasteiger partial charge < -0.3 is 11.5 Å². The molecule has 0 radical (unpaired) electrons. The van der Waals surface area contributed by atoms with Crippen molar-refractivity contribution >= 4 is 15.9 Å². The van der Waals surface area contributed by atoms with Gasteiger partial charge in [-0.2, -0.15) is 0 Å². The van der Waals surface area contributed by atoms with Crippen LogP contribution >= 0.6 is 15.9 Å². The van der Waals surface area contributed by atoms with Crippen molar-refractivity contribution in [2.24, 2.45) is 11.5 Å². The molecule has 1 rings (SSSR count). The number of hydrogen-bond acceptors (Lipinski definition) is 2.